The Balaban J connectivity index is 1.59. The van der Waals surface area contributed by atoms with E-state index in [9.17, 15) is 9.50 Å². The van der Waals surface area contributed by atoms with Crippen molar-refractivity contribution < 1.29 is 9.50 Å². The third-order valence-electron chi connectivity index (χ3n) is 5.57. The second-order valence-electron chi connectivity index (χ2n) is 7.92. The Labute approximate surface area is 211 Å². The number of fused-ring (bicyclic) bond motifs is 1. The zero-order valence-corrected chi connectivity index (χ0v) is 20.1. The van der Waals surface area contributed by atoms with E-state index in [-0.39, 0.29) is 24.5 Å². The van der Waals surface area contributed by atoms with E-state index in [4.69, 9.17) is 34.5 Å². The average molecular weight is 513 g/mol. The van der Waals surface area contributed by atoms with Crippen LogP contribution >= 0.6 is 23.2 Å². The van der Waals surface area contributed by atoms with Crippen LogP contribution in [0.5, 0.6) is 0 Å². The van der Waals surface area contributed by atoms with Gasteiger partial charge in [-0.2, -0.15) is 5.10 Å². The molecule has 0 aliphatic carbocycles. The molecule has 0 fully saturated rings. The van der Waals surface area contributed by atoms with E-state index >= 15 is 0 Å². The van der Waals surface area contributed by atoms with E-state index in [0.717, 1.165) is 16.6 Å². The number of halogens is 3. The first-order valence-electron chi connectivity index (χ1n) is 10.7. The maximum atomic E-state index is 13.1. The topological polar surface area (TPSA) is 105 Å². The molecule has 0 saturated carbocycles. The van der Waals surface area contributed by atoms with Crippen molar-refractivity contribution in [1.29, 1.82) is 5.41 Å². The fourth-order valence-electron chi connectivity index (χ4n) is 3.76. The van der Waals surface area contributed by atoms with E-state index in [2.05, 4.69) is 10.1 Å². The smallest absolute Gasteiger partial charge is 0.203 e. The molecule has 0 saturated heterocycles. The molecule has 180 valence electrons. The summed E-state index contributed by atoms with van der Waals surface area (Å²) in [6.45, 7) is 0.687. The third-order valence-corrected chi connectivity index (χ3v) is 6.31. The molecule has 0 aliphatic heterocycles. The van der Waals surface area contributed by atoms with Crippen molar-refractivity contribution in [3.63, 3.8) is 0 Å². The standard InChI is InChI=1S/C25H23Cl2FN6O/c26-20-10-7-17(11-21(20)27)24(35)15-34-23-4-2-1-3-22(23)33(25(34)29)14-19(32-30)13-31-12-16-5-8-18(28)9-6-16/h1-11,13,24,29,35H,12,14-15,30H2/b29-25?,31-13?,32-19+. The average Bonchev–Trinajstić information content (AvgIpc) is 3.12. The summed E-state index contributed by atoms with van der Waals surface area (Å²) in [4.78, 5) is 4.36. The molecule has 0 amide bonds. The number of nitrogens with two attached hydrogens (primary N) is 1. The molecule has 1 heterocycles. The zero-order valence-electron chi connectivity index (χ0n) is 18.6. The van der Waals surface area contributed by atoms with Gasteiger partial charge >= 0.3 is 0 Å². The number of aliphatic imine (C=N–C) groups is 1. The molecule has 1 atom stereocenters. The van der Waals surface area contributed by atoms with Crippen LogP contribution in [0.3, 0.4) is 0 Å². The predicted molar refractivity (Wildman–Crippen MR) is 137 cm³/mol. The van der Waals surface area contributed by atoms with E-state index in [1.807, 2.05) is 24.3 Å². The summed E-state index contributed by atoms with van der Waals surface area (Å²) < 4.78 is 16.5. The molecule has 1 aromatic heterocycles. The minimum Gasteiger partial charge on any atom is -0.387 e. The fourth-order valence-corrected chi connectivity index (χ4v) is 4.07. The largest absolute Gasteiger partial charge is 0.387 e. The highest BCUT2D eigenvalue weighted by atomic mass is 35.5. The van der Waals surface area contributed by atoms with E-state index < -0.39 is 6.10 Å². The Morgan fingerprint density at radius 1 is 1.03 bits per heavy atom. The molecule has 10 heteroatoms. The quantitative estimate of drug-likeness (QED) is 0.181. The highest BCUT2D eigenvalue weighted by Gasteiger charge is 2.17. The monoisotopic (exact) mass is 512 g/mol. The molecule has 1 unspecified atom stereocenters. The van der Waals surface area contributed by atoms with Crippen LogP contribution in [-0.4, -0.2) is 26.2 Å². The van der Waals surface area contributed by atoms with Crippen LogP contribution in [0.25, 0.3) is 11.0 Å². The summed E-state index contributed by atoms with van der Waals surface area (Å²) in [5.74, 6) is 5.30. The van der Waals surface area contributed by atoms with E-state index in [1.54, 1.807) is 45.7 Å². The SMILES string of the molecule is N=c1n(C/C(C=NCc2ccc(F)cc2)=N/N)c2ccccc2n1CC(O)c1ccc(Cl)c(Cl)c1. The lowest BCUT2D eigenvalue weighted by molar-refractivity contribution is 0.156. The Morgan fingerprint density at radius 3 is 2.37 bits per heavy atom. The summed E-state index contributed by atoms with van der Waals surface area (Å²) in [6.07, 6.45) is 0.643. The number of imidazole rings is 1. The normalized spacial score (nSPS) is 13.1. The summed E-state index contributed by atoms with van der Waals surface area (Å²) >= 11 is 12.1. The fraction of sp³-hybridized carbons (Fsp3) is 0.160. The molecular weight excluding hydrogens is 490 g/mol. The highest BCUT2D eigenvalue weighted by molar-refractivity contribution is 6.42. The Bertz CT molecular complexity index is 1460. The van der Waals surface area contributed by atoms with Crippen molar-refractivity contribution in [3.8, 4) is 0 Å². The first kappa shape index (κ1) is 24.7. The van der Waals surface area contributed by atoms with Crippen LogP contribution in [0.15, 0.2) is 76.8 Å². The van der Waals surface area contributed by atoms with Gasteiger partial charge in [0.25, 0.3) is 0 Å². The van der Waals surface area contributed by atoms with Crippen molar-refractivity contribution in [2.75, 3.05) is 0 Å². The Hall–Kier alpha value is -3.46. The van der Waals surface area contributed by atoms with Crippen LogP contribution < -0.4 is 11.5 Å². The second-order valence-corrected chi connectivity index (χ2v) is 8.73. The molecule has 3 aromatic carbocycles. The minimum absolute atomic E-state index is 0.137. The van der Waals surface area contributed by atoms with Gasteiger partial charge in [0.15, 0.2) is 0 Å². The van der Waals surface area contributed by atoms with Gasteiger partial charge in [-0.25, -0.2) is 4.39 Å². The van der Waals surface area contributed by atoms with Gasteiger partial charge in [-0.3, -0.25) is 10.4 Å². The van der Waals surface area contributed by atoms with Gasteiger partial charge in [-0.05, 0) is 47.5 Å². The molecule has 4 N–H and O–H groups in total. The van der Waals surface area contributed by atoms with Crippen LogP contribution in [0.4, 0.5) is 4.39 Å². The number of aromatic nitrogens is 2. The number of hydrogen-bond acceptors (Lipinski definition) is 5. The predicted octanol–water partition coefficient (Wildman–Crippen LogP) is 4.69. The number of hydrogen-bond donors (Lipinski definition) is 3. The number of benzene rings is 3. The first-order valence-corrected chi connectivity index (χ1v) is 11.5. The molecule has 4 rings (SSSR count). The van der Waals surface area contributed by atoms with Crippen LogP contribution in [0.1, 0.15) is 17.2 Å². The zero-order chi connectivity index (χ0) is 24.9. The number of rotatable bonds is 8. The molecule has 0 aliphatic rings. The lowest BCUT2D eigenvalue weighted by Crippen LogP contribution is -2.29. The van der Waals surface area contributed by atoms with Crippen molar-refractivity contribution >= 4 is 46.2 Å². The van der Waals surface area contributed by atoms with E-state index in [1.165, 1.54) is 12.1 Å². The summed E-state index contributed by atoms with van der Waals surface area (Å²) in [7, 11) is 0. The molecule has 35 heavy (non-hydrogen) atoms. The number of aliphatic hydroxyl groups is 1. The van der Waals surface area contributed by atoms with Gasteiger partial charge in [0.1, 0.15) is 5.82 Å². The number of nitrogens with one attached hydrogen (secondary N) is 1. The highest BCUT2D eigenvalue weighted by Crippen LogP contribution is 2.27. The maximum absolute atomic E-state index is 13.1. The van der Waals surface area contributed by atoms with Crippen molar-refractivity contribution in [1.82, 2.24) is 9.13 Å². The summed E-state index contributed by atoms with van der Waals surface area (Å²) in [6, 6.07) is 18.6. The lowest BCUT2D eigenvalue weighted by atomic mass is 10.1. The van der Waals surface area contributed by atoms with Gasteiger partial charge in [0.2, 0.25) is 5.62 Å². The van der Waals surface area contributed by atoms with Crippen LogP contribution in [0.2, 0.25) is 10.0 Å². The van der Waals surface area contributed by atoms with Crippen LogP contribution in [-0.2, 0) is 19.6 Å². The van der Waals surface area contributed by atoms with Crippen molar-refractivity contribution in [2.45, 2.75) is 25.7 Å². The first-order chi connectivity index (χ1) is 16.9. The van der Waals surface area contributed by atoms with Crippen molar-refractivity contribution in [2.24, 2.45) is 15.9 Å². The number of nitrogens with zero attached hydrogens (tertiary/aromatic N) is 4. The summed E-state index contributed by atoms with van der Waals surface area (Å²) in [5, 5.41) is 24.2. The van der Waals surface area contributed by atoms with Gasteiger partial charge in [0, 0.05) is 6.21 Å². The Kier molecular flexibility index (Phi) is 7.65. The van der Waals surface area contributed by atoms with Gasteiger partial charge in [-0.1, -0.05) is 53.5 Å². The molecule has 0 spiro atoms. The van der Waals surface area contributed by atoms with Gasteiger partial charge in [0.05, 0.1) is 52.5 Å². The maximum Gasteiger partial charge on any atom is 0.203 e. The Morgan fingerprint density at radius 2 is 1.71 bits per heavy atom. The third kappa shape index (κ3) is 5.62. The number of hydrazone groups is 1. The van der Waals surface area contributed by atoms with Gasteiger partial charge < -0.3 is 20.1 Å². The van der Waals surface area contributed by atoms with E-state index in [0.29, 0.717) is 27.9 Å². The summed E-state index contributed by atoms with van der Waals surface area (Å²) in [5.41, 5.74) is 3.63. The molecular formula is C25H23Cl2FN6O. The molecule has 0 bridgehead atoms. The van der Waals surface area contributed by atoms with Crippen LogP contribution in [0, 0.1) is 11.2 Å². The lowest BCUT2D eigenvalue weighted by Gasteiger charge is -2.13. The molecule has 4 aromatic rings. The molecule has 0 radical (unpaired) electrons. The van der Waals surface area contributed by atoms with Gasteiger partial charge in [-0.15, -0.1) is 0 Å². The second kappa shape index (κ2) is 10.9. The number of aliphatic hydroxyl groups excluding tert-OH is 1. The number of para-hydroxylation sites is 2. The molecule has 7 nitrogen and oxygen atoms in total. The van der Waals surface area contributed by atoms with Crippen molar-refractivity contribution in [3.05, 3.63) is 99.3 Å². The minimum atomic E-state index is -0.905.